The molecular weight excluding hydrogens is 320 g/mol. The summed E-state index contributed by atoms with van der Waals surface area (Å²) in [5, 5.41) is 9.03. The SMILES string of the molecule is O=C(O)C1CN(C(=O)c2cccc(-c3ccco3)c2)CC(F)(F)C1. The van der Waals surface area contributed by atoms with Gasteiger partial charge in [-0.1, -0.05) is 12.1 Å². The number of furan rings is 1. The van der Waals surface area contributed by atoms with Crippen LogP contribution >= 0.6 is 0 Å². The fraction of sp³-hybridized carbons (Fsp3) is 0.294. The van der Waals surface area contributed by atoms with E-state index in [-0.39, 0.29) is 12.1 Å². The van der Waals surface area contributed by atoms with Crippen LogP contribution in [0, 0.1) is 5.92 Å². The lowest BCUT2D eigenvalue weighted by atomic mass is 9.94. The monoisotopic (exact) mass is 335 g/mol. The number of nitrogens with zero attached hydrogens (tertiary/aromatic N) is 1. The van der Waals surface area contributed by atoms with Crippen LogP contribution in [0.3, 0.4) is 0 Å². The topological polar surface area (TPSA) is 70.8 Å². The number of halogens is 2. The van der Waals surface area contributed by atoms with Crippen LogP contribution in [0.25, 0.3) is 11.3 Å². The van der Waals surface area contributed by atoms with Crippen LogP contribution in [0.2, 0.25) is 0 Å². The smallest absolute Gasteiger partial charge is 0.308 e. The lowest BCUT2D eigenvalue weighted by Crippen LogP contribution is -2.51. The molecule has 24 heavy (non-hydrogen) atoms. The first-order valence-electron chi connectivity index (χ1n) is 7.39. The number of aliphatic carboxylic acids is 1. The van der Waals surface area contributed by atoms with E-state index >= 15 is 0 Å². The van der Waals surface area contributed by atoms with Gasteiger partial charge in [-0.25, -0.2) is 8.78 Å². The van der Waals surface area contributed by atoms with Crippen molar-refractivity contribution in [3.05, 3.63) is 48.2 Å². The van der Waals surface area contributed by atoms with Crippen molar-refractivity contribution in [2.75, 3.05) is 13.1 Å². The lowest BCUT2D eigenvalue weighted by Gasteiger charge is -2.36. The summed E-state index contributed by atoms with van der Waals surface area (Å²) in [6.07, 6.45) is 0.741. The number of carbonyl (C=O) groups excluding carboxylic acids is 1. The fourth-order valence-corrected chi connectivity index (χ4v) is 2.85. The maximum absolute atomic E-state index is 13.8. The quantitative estimate of drug-likeness (QED) is 0.935. The molecule has 0 bridgehead atoms. The van der Waals surface area contributed by atoms with E-state index in [1.54, 1.807) is 30.3 Å². The number of piperidine rings is 1. The first-order chi connectivity index (χ1) is 11.4. The van der Waals surface area contributed by atoms with Crippen molar-refractivity contribution in [3.8, 4) is 11.3 Å². The molecule has 7 heteroatoms. The summed E-state index contributed by atoms with van der Waals surface area (Å²) in [7, 11) is 0. The molecule has 1 saturated heterocycles. The molecule has 1 aliphatic heterocycles. The van der Waals surface area contributed by atoms with E-state index in [1.165, 1.54) is 12.3 Å². The van der Waals surface area contributed by atoms with E-state index in [0.717, 1.165) is 4.90 Å². The van der Waals surface area contributed by atoms with Gasteiger partial charge in [0.15, 0.2) is 0 Å². The zero-order valence-corrected chi connectivity index (χ0v) is 12.6. The Morgan fingerprint density at radius 1 is 1.25 bits per heavy atom. The van der Waals surface area contributed by atoms with Gasteiger partial charge in [-0.05, 0) is 24.3 Å². The van der Waals surface area contributed by atoms with Crippen molar-refractivity contribution in [2.24, 2.45) is 5.92 Å². The molecule has 1 unspecified atom stereocenters. The molecule has 1 amide bonds. The molecule has 0 spiro atoms. The largest absolute Gasteiger partial charge is 0.481 e. The maximum Gasteiger partial charge on any atom is 0.308 e. The average Bonchev–Trinajstić information content (AvgIpc) is 3.07. The van der Waals surface area contributed by atoms with Crippen LogP contribution in [0.1, 0.15) is 16.8 Å². The summed E-state index contributed by atoms with van der Waals surface area (Å²) in [6, 6.07) is 9.84. The molecule has 0 aliphatic carbocycles. The molecule has 126 valence electrons. The van der Waals surface area contributed by atoms with Crippen LogP contribution in [-0.2, 0) is 4.79 Å². The standard InChI is InChI=1S/C17H15F2NO4/c18-17(19)8-13(16(22)23)9-20(10-17)15(21)12-4-1-3-11(7-12)14-5-2-6-24-14/h1-7,13H,8-10H2,(H,22,23). The van der Waals surface area contributed by atoms with Crippen molar-refractivity contribution in [1.82, 2.24) is 4.90 Å². The third kappa shape index (κ3) is 3.29. The second-order valence-electron chi connectivity index (χ2n) is 5.84. The van der Waals surface area contributed by atoms with Crippen molar-refractivity contribution in [2.45, 2.75) is 12.3 Å². The van der Waals surface area contributed by atoms with E-state index in [4.69, 9.17) is 9.52 Å². The van der Waals surface area contributed by atoms with Gasteiger partial charge in [0.2, 0.25) is 0 Å². The number of carboxylic acid groups (broad SMARTS) is 1. The van der Waals surface area contributed by atoms with E-state index in [2.05, 4.69) is 0 Å². The number of alkyl halides is 2. The molecule has 2 heterocycles. The molecule has 5 nitrogen and oxygen atoms in total. The Balaban J connectivity index is 1.86. The second-order valence-corrected chi connectivity index (χ2v) is 5.84. The van der Waals surface area contributed by atoms with Gasteiger partial charge in [0, 0.05) is 24.1 Å². The zero-order valence-electron chi connectivity index (χ0n) is 12.6. The van der Waals surface area contributed by atoms with Crippen LogP contribution < -0.4 is 0 Å². The van der Waals surface area contributed by atoms with Crippen molar-refractivity contribution in [3.63, 3.8) is 0 Å². The molecule has 2 aromatic rings. The fourth-order valence-electron chi connectivity index (χ4n) is 2.85. The van der Waals surface area contributed by atoms with Gasteiger partial charge in [-0.15, -0.1) is 0 Å². The van der Waals surface area contributed by atoms with E-state index in [9.17, 15) is 18.4 Å². The highest BCUT2D eigenvalue weighted by molar-refractivity contribution is 5.95. The van der Waals surface area contributed by atoms with Crippen LogP contribution in [0.15, 0.2) is 47.1 Å². The summed E-state index contributed by atoms with van der Waals surface area (Å²) in [6.45, 7) is -1.00. The number of likely N-dealkylation sites (tertiary alicyclic amines) is 1. The highest BCUT2D eigenvalue weighted by Crippen LogP contribution is 2.32. The molecule has 1 fully saturated rings. The molecule has 0 radical (unpaired) electrons. The second kappa shape index (κ2) is 6.07. The zero-order chi connectivity index (χ0) is 17.3. The van der Waals surface area contributed by atoms with Gasteiger partial charge in [0.1, 0.15) is 5.76 Å². The third-order valence-corrected chi connectivity index (χ3v) is 3.96. The Morgan fingerprint density at radius 2 is 2.04 bits per heavy atom. The molecule has 1 aromatic heterocycles. The third-order valence-electron chi connectivity index (χ3n) is 3.96. The predicted molar refractivity (Wildman–Crippen MR) is 80.7 cm³/mol. The minimum Gasteiger partial charge on any atom is -0.481 e. The van der Waals surface area contributed by atoms with Crippen LogP contribution in [-0.4, -0.2) is 40.9 Å². The Hall–Kier alpha value is -2.70. The summed E-state index contributed by atoms with van der Waals surface area (Å²) < 4.78 is 32.8. The van der Waals surface area contributed by atoms with Crippen LogP contribution in [0.5, 0.6) is 0 Å². The highest BCUT2D eigenvalue weighted by Gasteiger charge is 2.44. The summed E-state index contributed by atoms with van der Waals surface area (Å²) in [5.74, 6) is -5.87. The summed E-state index contributed by atoms with van der Waals surface area (Å²) >= 11 is 0. The summed E-state index contributed by atoms with van der Waals surface area (Å²) in [4.78, 5) is 24.5. The number of benzene rings is 1. The number of rotatable bonds is 3. The number of amides is 1. The number of hydrogen-bond donors (Lipinski definition) is 1. The number of carboxylic acids is 1. The Labute approximate surface area is 136 Å². The molecule has 1 atom stereocenters. The molecule has 0 saturated carbocycles. The first-order valence-corrected chi connectivity index (χ1v) is 7.39. The molecular formula is C17H15F2NO4. The number of hydrogen-bond acceptors (Lipinski definition) is 3. The van der Waals surface area contributed by atoms with Gasteiger partial charge < -0.3 is 14.4 Å². The first kappa shape index (κ1) is 16.2. The van der Waals surface area contributed by atoms with Crippen molar-refractivity contribution in [1.29, 1.82) is 0 Å². The predicted octanol–water partition coefficient (Wildman–Crippen LogP) is 3.13. The highest BCUT2D eigenvalue weighted by atomic mass is 19.3. The Kier molecular flexibility index (Phi) is 4.09. The van der Waals surface area contributed by atoms with Gasteiger partial charge in [-0.2, -0.15) is 0 Å². The minimum atomic E-state index is -3.21. The van der Waals surface area contributed by atoms with Gasteiger partial charge >= 0.3 is 5.97 Å². The minimum absolute atomic E-state index is 0.214. The van der Waals surface area contributed by atoms with Crippen molar-refractivity contribution < 1.29 is 27.9 Å². The molecule has 3 rings (SSSR count). The van der Waals surface area contributed by atoms with Gasteiger partial charge in [0.05, 0.1) is 18.7 Å². The molecule has 1 N–H and O–H groups in total. The number of carbonyl (C=O) groups is 2. The Morgan fingerprint density at radius 3 is 2.71 bits per heavy atom. The lowest BCUT2D eigenvalue weighted by molar-refractivity contribution is -0.151. The maximum atomic E-state index is 13.8. The van der Waals surface area contributed by atoms with Gasteiger partial charge in [-0.3, -0.25) is 9.59 Å². The van der Waals surface area contributed by atoms with Crippen LogP contribution in [0.4, 0.5) is 8.78 Å². The Bertz CT molecular complexity index is 758. The van der Waals surface area contributed by atoms with E-state index in [1.807, 2.05) is 0 Å². The van der Waals surface area contributed by atoms with E-state index in [0.29, 0.717) is 11.3 Å². The summed E-state index contributed by atoms with van der Waals surface area (Å²) in [5.41, 5.74) is 0.857. The molecule has 1 aromatic carbocycles. The molecule has 1 aliphatic rings. The average molecular weight is 335 g/mol. The van der Waals surface area contributed by atoms with E-state index < -0.39 is 36.7 Å². The van der Waals surface area contributed by atoms with Crippen molar-refractivity contribution >= 4 is 11.9 Å². The normalized spacial score (nSPS) is 19.9. The van der Waals surface area contributed by atoms with Gasteiger partial charge in [0.25, 0.3) is 11.8 Å².